The summed E-state index contributed by atoms with van der Waals surface area (Å²) < 4.78 is 5.17. The van der Waals surface area contributed by atoms with Gasteiger partial charge in [-0.3, -0.25) is 4.79 Å². The first-order valence-electron chi connectivity index (χ1n) is 7.07. The van der Waals surface area contributed by atoms with Crippen molar-refractivity contribution in [2.75, 3.05) is 26.2 Å². The first-order chi connectivity index (χ1) is 8.41. The van der Waals surface area contributed by atoms with Crippen molar-refractivity contribution in [3.8, 4) is 0 Å². The van der Waals surface area contributed by atoms with E-state index in [1.807, 2.05) is 20.8 Å². The molecule has 0 rings (SSSR count). The van der Waals surface area contributed by atoms with Gasteiger partial charge in [0.15, 0.2) is 0 Å². The molecule has 0 saturated carbocycles. The second-order valence-corrected chi connectivity index (χ2v) is 5.06. The van der Waals surface area contributed by atoms with Gasteiger partial charge >= 0.3 is 5.97 Å². The first kappa shape index (κ1) is 17.4. The molecule has 0 saturated heterocycles. The number of ether oxygens (including phenoxy) is 1. The minimum Gasteiger partial charge on any atom is -0.465 e. The molecule has 0 aromatic carbocycles. The first-order valence-corrected chi connectivity index (χ1v) is 7.07. The van der Waals surface area contributed by atoms with Crippen LogP contribution in [0, 0.1) is 0 Å². The molecule has 0 spiro atoms. The smallest absolute Gasteiger partial charge is 0.326 e. The molecule has 4 nitrogen and oxygen atoms in total. The lowest BCUT2D eigenvalue weighted by Gasteiger charge is -2.32. The Balaban J connectivity index is 4.55. The van der Waals surface area contributed by atoms with Crippen LogP contribution in [0.1, 0.15) is 48.0 Å². The SMILES string of the molecule is CCNC(C)(CCN(CC)C(C)C)C(=O)OCC. The summed E-state index contributed by atoms with van der Waals surface area (Å²) >= 11 is 0. The molecule has 0 amide bonds. The van der Waals surface area contributed by atoms with E-state index in [2.05, 4.69) is 31.0 Å². The lowest BCUT2D eigenvalue weighted by atomic mass is 9.97. The molecule has 0 aliphatic rings. The third-order valence-corrected chi connectivity index (χ3v) is 3.33. The largest absolute Gasteiger partial charge is 0.465 e. The summed E-state index contributed by atoms with van der Waals surface area (Å²) in [6, 6.07) is 0.503. The maximum Gasteiger partial charge on any atom is 0.326 e. The van der Waals surface area contributed by atoms with Gasteiger partial charge in [0.2, 0.25) is 0 Å². The molecule has 0 bridgehead atoms. The van der Waals surface area contributed by atoms with E-state index in [4.69, 9.17) is 4.74 Å². The lowest BCUT2D eigenvalue weighted by molar-refractivity contribution is -0.151. The van der Waals surface area contributed by atoms with Gasteiger partial charge in [0.1, 0.15) is 5.54 Å². The zero-order valence-electron chi connectivity index (χ0n) is 12.9. The van der Waals surface area contributed by atoms with E-state index in [1.165, 1.54) is 0 Å². The number of carbonyl (C=O) groups is 1. The quantitative estimate of drug-likeness (QED) is 0.643. The molecule has 0 aromatic heterocycles. The monoisotopic (exact) mass is 258 g/mol. The molecule has 0 radical (unpaired) electrons. The van der Waals surface area contributed by atoms with Gasteiger partial charge in [0.05, 0.1) is 6.61 Å². The van der Waals surface area contributed by atoms with Crippen LogP contribution in [0.2, 0.25) is 0 Å². The van der Waals surface area contributed by atoms with E-state index in [1.54, 1.807) is 0 Å². The highest BCUT2D eigenvalue weighted by Crippen LogP contribution is 2.14. The number of esters is 1. The zero-order valence-corrected chi connectivity index (χ0v) is 12.9. The van der Waals surface area contributed by atoms with Gasteiger partial charge in [-0.1, -0.05) is 13.8 Å². The van der Waals surface area contributed by atoms with Gasteiger partial charge in [-0.25, -0.2) is 0 Å². The molecule has 0 aliphatic carbocycles. The highest BCUT2D eigenvalue weighted by Gasteiger charge is 2.33. The normalized spacial score (nSPS) is 14.9. The van der Waals surface area contributed by atoms with Gasteiger partial charge in [-0.15, -0.1) is 0 Å². The van der Waals surface area contributed by atoms with Gasteiger partial charge in [-0.05, 0) is 47.2 Å². The van der Waals surface area contributed by atoms with Gasteiger partial charge < -0.3 is 15.0 Å². The van der Waals surface area contributed by atoms with Crippen molar-refractivity contribution in [2.24, 2.45) is 0 Å². The topological polar surface area (TPSA) is 41.6 Å². The highest BCUT2D eigenvalue weighted by molar-refractivity contribution is 5.80. The fourth-order valence-corrected chi connectivity index (χ4v) is 2.09. The van der Waals surface area contributed by atoms with E-state index in [9.17, 15) is 4.79 Å². The summed E-state index contributed by atoms with van der Waals surface area (Å²) in [5.74, 6) is -0.147. The van der Waals surface area contributed by atoms with Crippen LogP contribution in [0.5, 0.6) is 0 Å². The number of rotatable bonds is 9. The van der Waals surface area contributed by atoms with Crippen molar-refractivity contribution in [1.29, 1.82) is 0 Å². The number of hydrogen-bond donors (Lipinski definition) is 1. The van der Waals surface area contributed by atoms with Crippen molar-refractivity contribution in [1.82, 2.24) is 10.2 Å². The van der Waals surface area contributed by atoms with Crippen molar-refractivity contribution in [3.05, 3.63) is 0 Å². The van der Waals surface area contributed by atoms with Gasteiger partial charge in [0, 0.05) is 12.6 Å². The van der Waals surface area contributed by atoms with Crippen molar-refractivity contribution < 1.29 is 9.53 Å². The summed E-state index contributed by atoms with van der Waals surface area (Å²) in [5, 5.41) is 3.26. The maximum atomic E-state index is 12.0. The Hall–Kier alpha value is -0.610. The molecule has 0 fully saturated rings. The van der Waals surface area contributed by atoms with E-state index in [0.29, 0.717) is 12.6 Å². The molecule has 1 N–H and O–H groups in total. The average Bonchev–Trinajstić information content (AvgIpc) is 2.30. The van der Waals surface area contributed by atoms with Crippen LogP contribution in [-0.4, -0.2) is 48.7 Å². The molecule has 0 heterocycles. The minimum absolute atomic E-state index is 0.147. The standard InChI is InChI=1S/C14H30N2O2/c1-7-15-14(6,13(17)18-9-3)10-11-16(8-2)12(4)5/h12,15H,7-11H2,1-6H3. The predicted octanol–water partition coefficient (Wildman–Crippen LogP) is 2.04. The van der Waals surface area contributed by atoms with Crippen molar-refractivity contribution in [3.63, 3.8) is 0 Å². The maximum absolute atomic E-state index is 12.0. The Morgan fingerprint density at radius 3 is 2.33 bits per heavy atom. The van der Waals surface area contributed by atoms with Crippen LogP contribution in [0.4, 0.5) is 0 Å². The summed E-state index contributed by atoms with van der Waals surface area (Å²) in [6.45, 7) is 15.4. The fourth-order valence-electron chi connectivity index (χ4n) is 2.09. The third kappa shape index (κ3) is 5.36. The Morgan fingerprint density at radius 2 is 1.94 bits per heavy atom. The summed E-state index contributed by atoms with van der Waals surface area (Å²) in [4.78, 5) is 14.4. The Kier molecular flexibility index (Phi) is 8.20. The number of nitrogens with zero attached hydrogens (tertiary/aromatic N) is 1. The number of likely N-dealkylation sites (N-methyl/N-ethyl adjacent to an activating group) is 1. The van der Waals surface area contributed by atoms with Crippen molar-refractivity contribution >= 4 is 5.97 Å². The third-order valence-electron chi connectivity index (χ3n) is 3.33. The second kappa shape index (κ2) is 8.48. The van der Waals surface area contributed by atoms with Crippen LogP contribution in [0.15, 0.2) is 0 Å². The van der Waals surface area contributed by atoms with Crippen LogP contribution in [0.3, 0.4) is 0 Å². The molecular weight excluding hydrogens is 228 g/mol. The summed E-state index contributed by atoms with van der Waals surface area (Å²) in [6.07, 6.45) is 0.770. The van der Waals surface area contributed by atoms with Crippen LogP contribution in [-0.2, 0) is 9.53 Å². The molecule has 0 aliphatic heterocycles. The molecule has 18 heavy (non-hydrogen) atoms. The van der Waals surface area contributed by atoms with Crippen LogP contribution >= 0.6 is 0 Å². The van der Waals surface area contributed by atoms with E-state index >= 15 is 0 Å². The number of carbonyl (C=O) groups excluding carboxylic acids is 1. The minimum atomic E-state index is -0.576. The van der Waals surface area contributed by atoms with Crippen LogP contribution in [0.25, 0.3) is 0 Å². The van der Waals surface area contributed by atoms with Crippen LogP contribution < -0.4 is 5.32 Å². The second-order valence-electron chi connectivity index (χ2n) is 5.06. The number of nitrogens with one attached hydrogen (secondary N) is 1. The summed E-state index contributed by atoms with van der Waals surface area (Å²) in [5.41, 5.74) is -0.576. The summed E-state index contributed by atoms with van der Waals surface area (Å²) in [7, 11) is 0. The zero-order chi connectivity index (χ0) is 14.2. The molecule has 1 atom stereocenters. The van der Waals surface area contributed by atoms with Crippen molar-refractivity contribution in [2.45, 2.75) is 59.5 Å². The highest BCUT2D eigenvalue weighted by atomic mass is 16.5. The molecule has 4 heteroatoms. The number of hydrogen-bond acceptors (Lipinski definition) is 4. The molecule has 1 unspecified atom stereocenters. The Morgan fingerprint density at radius 1 is 1.33 bits per heavy atom. The Bertz CT molecular complexity index is 244. The molecular formula is C14H30N2O2. The average molecular weight is 258 g/mol. The van der Waals surface area contributed by atoms with Gasteiger partial charge in [-0.2, -0.15) is 0 Å². The fraction of sp³-hybridized carbons (Fsp3) is 0.929. The van der Waals surface area contributed by atoms with E-state index < -0.39 is 5.54 Å². The van der Waals surface area contributed by atoms with E-state index in [-0.39, 0.29) is 5.97 Å². The lowest BCUT2D eigenvalue weighted by Crippen LogP contribution is -2.52. The molecule has 108 valence electrons. The van der Waals surface area contributed by atoms with Gasteiger partial charge in [0.25, 0.3) is 0 Å². The molecule has 0 aromatic rings. The Labute approximate surface area is 112 Å². The van der Waals surface area contributed by atoms with E-state index in [0.717, 1.165) is 26.1 Å². The predicted molar refractivity (Wildman–Crippen MR) is 75.7 cm³/mol.